The molecule has 0 atom stereocenters. The molecule has 2 aromatic rings. The van der Waals surface area contributed by atoms with Crippen LogP contribution < -0.4 is 9.64 Å². The number of H-pyrrole nitrogens is 1. The predicted octanol–water partition coefficient (Wildman–Crippen LogP) is 2.72. The molecule has 25 heavy (non-hydrogen) atoms. The zero-order valence-corrected chi connectivity index (χ0v) is 15.4. The summed E-state index contributed by atoms with van der Waals surface area (Å²) in [6.45, 7) is 8.43. The number of anilines is 1. The topological polar surface area (TPSA) is 61.5 Å². The van der Waals surface area contributed by atoms with Crippen LogP contribution in [0.5, 0.6) is 5.75 Å². The van der Waals surface area contributed by atoms with Gasteiger partial charge in [0.05, 0.1) is 30.1 Å². The molecule has 1 aromatic carbocycles. The molecule has 1 fully saturated rings. The maximum Gasteiger partial charge on any atom is 0.257 e. The van der Waals surface area contributed by atoms with Crippen molar-refractivity contribution >= 4 is 11.6 Å². The van der Waals surface area contributed by atoms with Crippen LogP contribution in [-0.4, -0.2) is 53.3 Å². The van der Waals surface area contributed by atoms with E-state index in [-0.39, 0.29) is 11.4 Å². The number of carbonyl (C=O) groups excluding carboxylic acids is 1. The number of rotatable bonds is 4. The molecule has 0 bridgehead atoms. The maximum atomic E-state index is 12.9. The fourth-order valence-corrected chi connectivity index (χ4v) is 3.56. The molecule has 1 aliphatic rings. The number of para-hydroxylation sites is 2. The molecule has 134 valence electrons. The van der Waals surface area contributed by atoms with E-state index in [0.29, 0.717) is 18.7 Å². The number of nitrogens with one attached hydrogen (secondary N) is 1. The molecule has 0 saturated carbocycles. The molecule has 0 radical (unpaired) electrons. The van der Waals surface area contributed by atoms with Gasteiger partial charge in [0, 0.05) is 25.3 Å². The van der Waals surface area contributed by atoms with E-state index in [1.807, 2.05) is 30.0 Å². The van der Waals surface area contributed by atoms with E-state index in [1.54, 1.807) is 13.3 Å². The van der Waals surface area contributed by atoms with Gasteiger partial charge in [0.2, 0.25) is 0 Å². The summed E-state index contributed by atoms with van der Waals surface area (Å²) >= 11 is 0. The third-order valence-electron chi connectivity index (χ3n) is 4.87. The average Bonchev–Trinajstić information content (AvgIpc) is 3.09. The SMILES string of the molecule is CCc1[nH]ncc1C(=O)N1CCN(c2ccccc2OC)C(C)(C)C1. The van der Waals surface area contributed by atoms with E-state index in [1.165, 1.54) is 0 Å². The van der Waals surface area contributed by atoms with Crippen LogP contribution in [0.1, 0.15) is 36.8 Å². The Kier molecular flexibility index (Phi) is 4.70. The Morgan fingerprint density at radius 3 is 2.76 bits per heavy atom. The summed E-state index contributed by atoms with van der Waals surface area (Å²) in [6.07, 6.45) is 2.41. The minimum Gasteiger partial charge on any atom is -0.495 e. The first-order valence-electron chi connectivity index (χ1n) is 8.70. The number of ether oxygens (including phenoxy) is 1. The number of piperazine rings is 1. The Balaban J connectivity index is 1.82. The molecule has 1 amide bonds. The zero-order chi connectivity index (χ0) is 18.0. The number of methoxy groups -OCH3 is 1. The quantitative estimate of drug-likeness (QED) is 0.928. The summed E-state index contributed by atoms with van der Waals surface area (Å²) in [5.41, 5.74) is 2.46. The second-order valence-corrected chi connectivity index (χ2v) is 6.98. The minimum atomic E-state index is -0.196. The van der Waals surface area contributed by atoms with Gasteiger partial charge in [-0.15, -0.1) is 0 Å². The first-order chi connectivity index (χ1) is 12.0. The van der Waals surface area contributed by atoms with E-state index in [2.05, 4.69) is 35.0 Å². The van der Waals surface area contributed by atoms with E-state index >= 15 is 0 Å². The van der Waals surface area contributed by atoms with E-state index < -0.39 is 0 Å². The lowest BCUT2D eigenvalue weighted by Gasteiger charge is -2.48. The van der Waals surface area contributed by atoms with Crippen LogP contribution in [0.15, 0.2) is 30.5 Å². The van der Waals surface area contributed by atoms with Crippen molar-refractivity contribution in [2.45, 2.75) is 32.7 Å². The van der Waals surface area contributed by atoms with Gasteiger partial charge in [0.15, 0.2) is 0 Å². The first kappa shape index (κ1) is 17.3. The lowest BCUT2D eigenvalue weighted by molar-refractivity contribution is 0.0685. The van der Waals surface area contributed by atoms with Gasteiger partial charge in [-0.2, -0.15) is 5.10 Å². The maximum absolute atomic E-state index is 12.9. The van der Waals surface area contributed by atoms with Crippen LogP contribution in [-0.2, 0) is 6.42 Å². The number of aromatic nitrogens is 2. The Bertz CT molecular complexity index is 753. The zero-order valence-electron chi connectivity index (χ0n) is 15.4. The Labute approximate surface area is 148 Å². The van der Waals surface area contributed by atoms with Gasteiger partial charge in [-0.25, -0.2) is 0 Å². The lowest BCUT2D eigenvalue weighted by Crippen LogP contribution is -2.60. The third-order valence-corrected chi connectivity index (χ3v) is 4.87. The average molecular weight is 342 g/mol. The molecule has 0 aliphatic carbocycles. The van der Waals surface area contributed by atoms with Crippen molar-refractivity contribution in [3.05, 3.63) is 41.7 Å². The van der Waals surface area contributed by atoms with Gasteiger partial charge < -0.3 is 14.5 Å². The highest BCUT2D eigenvalue weighted by molar-refractivity contribution is 5.95. The van der Waals surface area contributed by atoms with Crippen molar-refractivity contribution in [3.8, 4) is 5.75 Å². The van der Waals surface area contributed by atoms with Crippen LogP contribution in [0.25, 0.3) is 0 Å². The van der Waals surface area contributed by atoms with Crippen LogP contribution in [0.4, 0.5) is 5.69 Å². The highest BCUT2D eigenvalue weighted by atomic mass is 16.5. The molecule has 2 heterocycles. The van der Waals surface area contributed by atoms with Crippen molar-refractivity contribution in [3.63, 3.8) is 0 Å². The number of aryl methyl sites for hydroxylation is 1. The van der Waals surface area contributed by atoms with Gasteiger partial charge in [-0.1, -0.05) is 19.1 Å². The van der Waals surface area contributed by atoms with Crippen LogP contribution >= 0.6 is 0 Å². The fourth-order valence-electron chi connectivity index (χ4n) is 3.56. The molecule has 1 N–H and O–H groups in total. The standard InChI is InChI=1S/C19H26N4O2/c1-5-15-14(12-20-21-15)18(24)22-10-11-23(19(2,3)13-22)16-8-6-7-9-17(16)25-4/h6-9,12H,5,10-11,13H2,1-4H3,(H,20,21). The molecule has 3 rings (SSSR count). The number of benzene rings is 1. The Morgan fingerprint density at radius 2 is 2.08 bits per heavy atom. The summed E-state index contributed by atoms with van der Waals surface area (Å²) in [5, 5.41) is 6.95. The largest absolute Gasteiger partial charge is 0.495 e. The Hall–Kier alpha value is -2.50. The second-order valence-electron chi connectivity index (χ2n) is 6.98. The number of hydrogen-bond donors (Lipinski definition) is 1. The molecule has 0 spiro atoms. The summed E-state index contributed by atoms with van der Waals surface area (Å²) < 4.78 is 5.52. The third kappa shape index (κ3) is 3.21. The highest BCUT2D eigenvalue weighted by Gasteiger charge is 2.37. The van der Waals surface area contributed by atoms with Gasteiger partial charge in [0.25, 0.3) is 5.91 Å². The molecule has 0 unspecified atom stereocenters. The van der Waals surface area contributed by atoms with Gasteiger partial charge in [-0.3, -0.25) is 9.89 Å². The van der Waals surface area contributed by atoms with Crippen molar-refractivity contribution in [2.75, 3.05) is 31.6 Å². The summed E-state index contributed by atoms with van der Waals surface area (Å²) in [5.74, 6) is 0.914. The number of amides is 1. The van der Waals surface area contributed by atoms with E-state index in [0.717, 1.165) is 30.1 Å². The predicted molar refractivity (Wildman–Crippen MR) is 98.3 cm³/mol. The van der Waals surface area contributed by atoms with Crippen molar-refractivity contribution in [1.82, 2.24) is 15.1 Å². The van der Waals surface area contributed by atoms with Crippen molar-refractivity contribution in [1.29, 1.82) is 0 Å². The Morgan fingerprint density at radius 1 is 1.32 bits per heavy atom. The normalized spacial score (nSPS) is 16.8. The number of nitrogens with zero attached hydrogens (tertiary/aromatic N) is 3. The van der Waals surface area contributed by atoms with Crippen LogP contribution in [0.2, 0.25) is 0 Å². The minimum absolute atomic E-state index is 0.0540. The monoisotopic (exact) mass is 342 g/mol. The van der Waals surface area contributed by atoms with Crippen molar-refractivity contribution in [2.24, 2.45) is 0 Å². The van der Waals surface area contributed by atoms with Crippen molar-refractivity contribution < 1.29 is 9.53 Å². The molecule has 6 heteroatoms. The summed E-state index contributed by atoms with van der Waals surface area (Å²) in [7, 11) is 1.69. The molecule has 1 aliphatic heterocycles. The smallest absolute Gasteiger partial charge is 0.257 e. The van der Waals surface area contributed by atoms with Crippen LogP contribution in [0, 0.1) is 0 Å². The number of aromatic amines is 1. The fraction of sp³-hybridized carbons (Fsp3) is 0.474. The van der Waals surface area contributed by atoms with Crippen LogP contribution in [0.3, 0.4) is 0 Å². The summed E-state index contributed by atoms with van der Waals surface area (Å²) in [6, 6.07) is 8.04. The molecule has 1 aromatic heterocycles. The van der Waals surface area contributed by atoms with Gasteiger partial charge in [0.1, 0.15) is 5.75 Å². The van der Waals surface area contributed by atoms with Gasteiger partial charge >= 0.3 is 0 Å². The highest BCUT2D eigenvalue weighted by Crippen LogP contribution is 2.35. The number of hydrogen-bond acceptors (Lipinski definition) is 4. The van der Waals surface area contributed by atoms with E-state index in [9.17, 15) is 4.79 Å². The summed E-state index contributed by atoms with van der Waals surface area (Å²) in [4.78, 5) is 17.2. The lowest BCUT2D eigenvalue weighted by atomic mass is 9.96. The molecular formula is C19H26N4O2. The molecule has 6 nitrogen and oxygen atoms in total. The number of carbonyl (C=O) groups is 1. The van der Waals surface area contributed by atoms with E-state index in [4.69, 9.17) is 4.74 Å². The second kappa shape index (κ2) is 6.78. The first-order valence-corrected chi connectivity index (χ1v) is 8.70. The molecular weight excluding hydrogens is 316 g/mol. The van der Waals surface area contributed by atoms with Gasteiger partial charge in [-0.05, 0) is 32.4 Å². The molecule has 1 saturated heterocycles.